The first kappa shape index (κ1) is 14.3. The fourth-order valence-corrected chi connectivity index (χ4v) is 3.19. The van der Waals surface area contributed by atoms with E-state index in [-0.39, 0.29) is 11.8 Å². The third kappa shape index (κ3) is 3.28. The molecule has 0 bridgehead atoms. The lowest BCUT2D eigenvalue weighted by Gasteiger charge is -2.33. The molecule has 2 rings (SSSR count). The molecule has 3 N–H and O–H groups in total. The molecule has 0 spiro atoms. The van der Waals surface area contributed by atoms with Gasteiger partial charge in [-0.2, -0.15) is 0 Å². The first-order chi connectivity index (χ1) is 8.99. The van der Waals surface area contributed by atoms with Crippen molar-refractivity contribution in [1.82, 2.24) is 0 Å². The number of aliphatic hydroxyl groups excluding tert-OH is 1. The van der Waals surface area contributed by atoms with Gasteiger partial charge < -0.3 is 15.7 Å². The van der Waals surface area contributed by atoms with Crippen molar-refractivity contribution < 1.29 is 9.90 Å². The highest BCUT2D eigenvalue weighted by Crippen LogP contribution is 2.30. The third-order valence-electron chi connectivity index (χ3n) is 3.62. The van der Waals surface area contributed by atoms with Crippen LogP contribution in [-0.4, -0.2) is 24.1 Å². The van der Waals surface area contributed by atoms with Crippen molar-refractivity contribution in [2.24, 2.45) is 11.7 Å². The van der Waals surface area contributed by atoms with Gasteiger partial charge in [-0.05, 0) is 37.5 Å². The molecule has 1 saturated heterocycles. The summed E-state index contributed by atoms with van der Waals surface area (Å²) in [6.07, 6.45) is 1.35. The number of benzene rings is 1. The molecule has 0 radical (unpaired) electrons. The maximum Gasteiger partial charge on any atom is 0.222 e. The zero-order valence-electron chi connectivity index (χ0n) is 11.0. The normalized spacial score (nSPS) is 21.2. The van der Waals surface area contributed by atoms with Gasteiger partial charge >= 0.3 is 0 Å². The molecule has 1 aliphatic rings. The van der Waals surface area contributed by atoms with Crippen molar-refractivity contribution in [2.45, 2.75) is 25.9 Å². The van der Waals surface area contributed by atoms with Gasteiger partial charge in [0.1, 0.15) is 0 Å². The number of anilines is 1. The van der Waals surface area contributed by atoms with Crippen LogP contribution < -0.4 is 10.6 Å². The molecule has 1 amide bonds. The SMILES string of the molecule is CC(O)c1ccc(N2CCCC(C(N)=O)C2)cc1Br. The number of rotatable bonds is 3. The molecule has 2 unspecified atom stereocenters. The summed E-state index contributed by atoms with van der Waals surface area (Å²) in [5, 5.41) is 9.62. The van der Waals surface area contributed by atoms with Crippen LogP contribution in [0, 0.1) is 5.92 Å². The Morgan fingerprint density at radius 1 is 1.58 bits per heavy atom. The first-order valence-electron chi connectivity index (χ1n) is 6.51. The number of nitrogens with two attached hydrogens (primary N) is 1. The van der Waals surface area contributed by atoms with Crippen LogP contribution in [0.15, 0.2) is 22.7 Å². The van der Waals surface area contributed by atoms with Gasteiger partial charge in [0.15, 0.2) is 0 Å². The summed E-state index contributed by atoms with van der Waals surface area (Å²) in [6.45, 7) is 3.35. The Morgan fingerprint density at radius 2 is 2.32 bits per heavy atom. The molecule has 1 heterocycles. The maximum atomic E-state index is 11.3. The first-order valence-corrected chi connectivity index (χ1v) is 7.30. The third-order valence-corrected chi connectivity index (χ3v) is 4.31. The van der Waals surface area contributed by atoms with Gasteiger partial charge in [-0.1, -0.05) is 22.0 Å². The van der Waals surface area contributed by atoms with E-state index in [2.05, 4.69) is 20.8 Å². The highest BCUT2D eigenvalue weighted by Gasteiger charge is 2.24. The second-order valence-corrected chi connectivity index (χ2v) is 5.92. The van der Waals surface area contributed by atoms with Crippen molar-refractivity contribution in [3.8, 4) is 0 Å². The van der Waals surface area contributed by atoms with Gasteiger partial charge in [0.05, 0.1) is 12.0 Å². The van der Waals surface area contributed by atoms with E-state index in [1.165, 1.54) is 0 Å². The summed E-state index contributed by atoms with van der Waals surface area (Å²) in [5.41, 5.74) is 7.32. The minimum Gasteiger partial charge on any atom is -0.389 e. The number of aliphatic hydroxyl groups is 1. The van der Waals surface area contributed by atoms with Gasteiger partial charge in [0.25, 0.3) is 0 Å². The average Bonchev–Trinajstić information content (AvgIpc) is 2.38. The number of carbonyl (C=O) groups excluding carboxylic acids is 1. The van der Waals surface area contributed by atoms with Crippen molar-refractivity contribution in [3.05, 3.63) is 28.2 Å². The second-order valence-electron chi connectivity index (χ2n) is 5.07. The smallest absolute Gasteiger partial charge is 0.222 e. The average molecular weight is 327 g/mol. The van der Waals surface area contributed by atoms with Gasteiger partial charge in [-0.25, -0.2) is 0 Å². The molecule has 1 fully saturated rings. The van der Waals surface area contributed by atoms with Crippen molar-refractivity contribution in [1.29, 1.82) is 0 Å². The summed E-state index contributed by atoms with van der Waals surface area (Å²) in [7, 11) is 0. The number of piperidine rings is 1. The van der Waals surface area contributed by atoms with Crippen LogP contribution in [-0.2, 0) is 4.79 Å². The monoisotopic (exact) mass is 326 g/mol. The zero-order chi connectivity index (χ0) is 14.0. The van der Waals surface area contributed by atoms with E-state index >= 15 is 0 Å². The lowest BCUT2D eigenvalue weighted by atomic mass is 9.97. The summed E-state index contributed by atoms with van der Waals surface area (Å²) in [5.74, 6) is -0.284. The topological polar surface area (TPSA) is 66.6 Å². The summed E-state index contributed by atoms with van der Waals surface area (Å²) >= 11 is 3.48. The summed E-state index contributed by atoms with van der Waals surface area (Å²) in [4.78, 5) is 13.5. The largest absolute Gasteiger partial charge is 0.389 e. The molecule has 104 valence electrons. The predicted molar refractivity (Wildman–Crippen MR) is 78.9 cm³/mol. The quantitative estimate of drug-likeness (QED) is 0.894. The van der Waals surface area contributed by atoms with Crippen LogP contribution in [0.25, 0.3) is 0 Å². The number of nitrogens with zero attached hydrogens (tertiary/aromatic N) is 1. The van der Waals surface area contributed by atoms with Gasteiger partial charge in [0.2, 0.25) is 5.91 Å². The molecular formula is C14H19BrN2O2. The Balaban J connectivity index is 2.18. The number of carbonyl (C=O) groups is 1. The van der Waals surface area contributed by atoms with E-state index in [4.69, 9.17) is 5.73 Å². The Kier molecular flexibility index (Phi) is 4.47. The summed E-state index contributed by atoms with van der Waals surface area (Å²) in [6, 6.07) is 5.89. The Bertz CT molecular complexity index is 477. The van der Waals surface area contributed by atoms with Crippen LogP contribution in [0.3, 0.4) is 0 Å². The Hall–Kier alpha value is -1.07. The van der Waals surface area contributed by atoms with Crippen LogP contribution in [0.2, 0.25) is 0 Å². The van der Waals surface area contributed by atoms with E-state index in [0.717, 1.165) is 35.1 Å². The van der Waals surface area contributed by atoms with E-state index in [0.29, 0.717) is 6.54 Å². The minimum atomic E-state index is -0.497. The van der Waals surface area contributed by atoms with E-state index in [1.807, 2.05) is 18.2 Å². The Morgan fingerprint density at radius 3 is 2.89 bits per heavy atom. The van der Waals surface area contributed by atoms with Crippen molar-refractivity contribution >= 4 is 27.5 Å². The lowest BCUT2D eigenvalue weighted by molar-refractivity contribution is -0.122. The molecule has 4 nitrogen and oxygen atoms in total. The van der Waals surface area contributed by atoms with Crippen molar-refractivity contribution in [2.75, 3.05) is 18.0 Å². The second kappa shape index (κ2) is 5.92. The highest BCUT2D eigenvalue weighted by molar-refractivity contribution is 9.10. The molecule has 19 heavy (non-hydrogen) atoms. The van der Waals surface area contributed by atoms with Crippen LogP contribution >= 0.6 is 15.9 Å². The molecular weight excluding hydrogens is 308 g/mol. The molecule has 0 saturated carbocycles. The van der Waals surface area contributed by atoms with Crippen LogP contribution in [0.5, 0.6) is 0 Å². The van der Waals surface area contributed by atoms with Gasteiger partial charge in [0, 0.05) is 23.2 Å². The van der Waals surface area contributed by atoms with Gasteiger partial charge in [-0.3, -0.25) is 4.79 Å². The van der Waals surface area contributed by atoms with E-state index in [1.54, 1.807) is 6.92 Å². The number of hydrogen-bond donors (Lipinski definition) is 2. The Labute approximate surface area is 121 Å². The lowest BCUT2D eigenvalue weighted by Crippen LogP contribution is -2.41. The molecule has 2 atom stereocenters. The predicted octanol–water partition coefficient (Wildman–Crippen LogP) is 2.20. The molecule has 1 aromatic carbocycles. The van der Waals surface area contributed by atoms with E-state index < -0.39 is 6.10 Å². The summed E-state index contributed by atoms with van der Waals surface area (Å²) < 4.78 is 0.890. The van der Waals surface area contributed by atoms with Crippen LogP contribution in [0.1, 0.15) is 31.4 Å². The molecule has 0 aliphatic carbocycles. The zero-order valence-corrected chi connectivity index (χ0v) is 12.6. The fraction of sp³-hybridized carbons (Fsp3) is 0.500. The molecule has 1 aliphatic heterocycles. The molecule has 0 aromatic heterocycles. The minimum absolute atomic E-state index is 0.0658. The van der Waals surface area contributed by atoms with E-state index in [9.17, 15) is 9.90 Å². The standard InChI is InChI=1S/C14H19BrN2O2/c1-9(18)12-5-4-11(7-13(12)15)17-6-2-3-10(8-17)14(16)19/h4-5,7,9-10,18H,2-3,6,8H2,1H3,(H2,16,19). The number of hydrogen-bond acceptors (Lipinski definition) is 3. The highest BCUT2D eigenvalue weighted by atomic mass is 79.9. The number of primary amides is 1. The van der Waals surface area contributed by atoms with Crippen molar-refractivity contribution in [3.63, 3.8) is 0 Å². The number of amides is 1. The van der Waals surface area contributed by atoms with Crippen LogP contribution in [0.4, 0.5) is 5.69 Å². The fourth-order valence-electron chi connectivity index (χ4n) is 2.50. The number of halogens is 1. The maximum absolute atomic E-state index is 11.3. The molecule has 1 aromatic rings. The molecule has 5 heteroatoms. The van der Waals surface area contributed by atoms with Gasteiger partial charge in [-0.15, -0.1) is 0 Å².